The number of methoxy groups -OCH3 is 1. The third-order valence-corrected chi connectivity index (χ3v) is 3.74. The number of hydrogen-bond donors (Lipinski definition) is 1. The zero-order valence-electron chi connectivity index (χ0n) is 8.79. The standard InChI is InChI=1S/C12H15BrO2/c1-15-11-5-4-9(8-10(11)13)12(14)6-2-3-7-12/h4-5,8,14H,2-3,6-7H2,1H3. The number of benzene rings is 1. The van der Waals surface area contributed by atoms with Crippen LogP contribution in [0.2, 0.25) is 0 Å². The number of aliphatic hydroxyl groups is 1. The van der Waals surface area contributed by atoms with E-state index in [0.717, 1.165) is 41.5 Å². The second-order valence-electron chi connectivity index (χ2n) is 4.09. The Labute approximate surface area is 98.4 Å². The number of hydrogen-bond acceptors (Lipinski definition) is 2. The number of halogens is 1. The van der Waals surface area contributed by atoms with Gasteiger partial charge in [-0.25, -0.2) is 0 Å². The summed E-state index contributed by atoms with van der Waals surface area (Å²) in [5.41, 5.74) is 0.377. The Morgan fingerprint density at radius 3 is 2.53 bits per heavy atom. The van der Waals surface area contributed by atoms with Gasteiger partial charge in [-0.2, -0.15) is 0 Å². The average molecular weight is 271 g/mol. The fraction of sp³-hybridized carbons (Fsp3) is 0.500. The lowest BCUT2D eigenvalue weighted by Crippen LogP contribution is -2.20. The van der Waals surface area contributed by atoms with Crippen molar-refractivity contribution in [1.29, 1.82) is 0 Å². The van der Waals surface area contributed by atoms with Gasteiger partial charge in [0.05, 0.1) is 17.2 Å². The number of ether oxygens (including phenoxy) is 1. The van der Waals surface area contributed by atoms with Crippen molar-refractivity contribution in [2.24, 2.45) is 0 Å². The Morgan fingerprint density at radius 2 is 2.00 bits per heavy atom. The molecule has 1 aliphatic rings. The first kappa shape index (κ1) is 11.0. The Morgan fingerprint density at radius 1 is 1.33 bits per heavy atom. The summed E-state index contributed by atoms with van der Waals surface area (Å²) in [7, 11) is 1.64. The van der Waals surface area contributed by atoms with Gasteiger partial charge in [-0.15, -0.1) is 0 Å². The molecule has 0 atom stereocenters. The molecule has 1 fully saturated rings. The van der Waals surface area contributed by atoms with Crippen molar-refractivity contribution in [3.63, 3.8) is 0 Å². The predicted molar refractivity (Wildman–Crippen MR) is 63.1 cm³/mol. The summed E-state index contributed by atoms with van der Waals surface area (Å²) in [5, 5.41) is 10.4. The molecule has 2 rings (SSSR count). The quantitative estimate of drug-likeness (QED) is 0.894. The molecule has 0 radical (unpaired) electrons. The molecular formula is C12H15BrO2. The highest BCUT2D eigenvalue weighted by Gasteiger charge is 2.33. The lowest BCUT2D eigenvalue weighted by Gasteiger charge is -2.23. The van der Waals surface area contributed by atoms with Gasteiger partial charge in [-0.1, -0.05) is 18.9 Å². The summed E-state index contributed by atoms with van der Waals surface area (Å²) in [6.45, 7) is 0. The van der Waals surface area contributed by atoms with Crippen LogP contribution in [0.3, 0.4) is 0 Å². The Kier molecular flexibility index (Phi) is 3.03. The molecule has 0 aromatic heterocycles. The van der Waals surface area contributed by atoms with Crippen LogP contribution in [-0.2, 0) is 5.60 Å². The Balaban J connectivity index is 2.33. The normalized spacial score (nSPS) is 19.1. The highest BCUT2D eigenvalue weighted by molar-refractivity contribution is 9.10. The van der Waals surface area contributed by atoms with Gasteiger partial charge in [0, 0.05) is 0 Å². The van der Waals surface area contributed by atoms with Gasteiger partial charge >= 0.3 is 0 Å². The van der Waals surface area contributed by atoms with Crippen molar-refractivity contribution in [1.82, 2.24) is 0 Å². The molecule has 0 amide bonds. The fourth-order valence-corrected chi connectivity index (χ4v) is 2.75. The molecule has 0 unspecified atom stereocenters. The molecule has 1 aromatic carbocycles. The second kappa shape index (κ2) is 4.14. The fourth-order valence-electron chi connectivity index (χ4n) is 2.20. The summed E-state index contributed by atoms with van der Waals surface area (Å²) in [4.78, 5) is 0. The predicted octanol–water partition coefficient (Wildman–Crippen LogP) is 3.22. The molecule has 1 N–H and O–H groups in total. The van der Waals surface area contributed by atoms with Crippen LogP contribution in [-0.4, -0.2) is 12.2 Å². The first-order valence-electron chi connectivity index (χ1n) is 5.22. The molecule has 0 bridgehead atoms. The van der Waals surface area contributed by atoms with Crippen LogP contribution in [0.4, 0.5) is 0 Å². The molecular weight excluding hydrogens is 256 g/mol. The smallest absolute Gasteiger partial charge is 0.133 e. The highest BCUT2D eigenvalue weighted by Crippen LogP contribution is 2.40. The van der Waals surface area contributed by atoms with Crippen LogP contribution in [0, 0.1) is 0 Å². The summed E-state index contributed by atoms with van der Waals surface area (Å²) in [6.07, 6.45) is 3.96. The minimum absolute atomic E-state index is 0.616. The minimum Gasteiger partial charge on any atom is -0.496 e. The van der Waals surface area contributed by atoms with Crippen molar-refractivity contribution in [2.75, 3.05) is 7.11 Å². The van der Waals surface area contributed by atoms with Crippen molar-refractivity contribution in [2.45, 2.75) is 31.3 Å². The molecule has 1 aromatic rings. The van der Waals surface area contributed by atoms with Crippen LogP contribution in [0.15, 0.2) is 22.7 Å². The highest BCUT2D eigenvalue weighted by atomic mass is 79.9. The molecule has 0 heterocycles. The largest absolute Gasteiger partial charge is 0.496 e. The minimum atomic E-state index is -0.616. The Hall–Kier alpha value is -0.540. The second-order valence-corrected chi connectivity index (χ2v) is 4.94. The molecule has 82 valence electrons. The first-order chi connectivity index (χ1) is 7.15. The first-order valence-corrected chi connectivity index (χ1v) is 6.01. The van der Waals surface area contributed by atoms with Gasteiger partial charge in [-0.05, 0) is 46.5 Å². The van der Waals surface area contributed by atoms with Gasteiger partial charge in [0.25, 0.3) is 0 Å². The maximum atomic E-state index is 10.4. The molecule has 1 saturated carbocycles. The van der Waals surface area contributed by atoms with Gasteiger partial charge in [0.2, 0.25) is 0 Å². The van der Waals surface area contributed by atoms with E-state index in [9.17, 15) is 5.11 Å². The summed E-state index contributed by atoms with van der Waals surface area (Å²) in [5.74, 6) is 0.806. The lowest BCUT2D eigenvalue weighted by atomic mass is 9.92. The van der Waals surface area contributed by atoms with E-state index in [4.69, 9.17) is 4.74 Å². The third kappa shape index (κ3) is 2.04. The van der Waals surface area contributed by atoms with E-state index in [2.05, 4.69) is 15.9 Å². The molecule has 15 heavy (non-hydrogen) atoms. The SMILES string of the molecule is COc1ccc(C2(O)CCCC2)cc1Br. The monoisotopic (exact) mass is 270 g/mol. The van der Waals surface area contributed by atoms with E-state index in [0.29, 0.717) is 0 Å². The summed E-state index contributed by atoms with van der Waals surface area (Å²) in [6, 6.07) is 5.81. The van der Waals surface area contributed by atoms with Crippen LogP contribution in [0.25, 0.3) is 0 Å². The lowest BCUT2D eigenvalue weighted by molar-refractivity contribution is 0.0444. The van der Waals surface area contributed by atoms with Crippen LogP contribution >= 0.6 is 15.9 Å². The van der Waals surface area contributed by atoms with Crippen LogP contribution in [0.1, 0.15) is 31.2 Å². The zero-order valence-corrected chi connectivity index (χ0v) is 10.4. The van der Waals surface area contributed by atoms with Gasteiger partial charge in [0.15, 0.2) is 0 Å². The molecule has 1 aliphatic carbocycles. The van der Waals surface area contributed by atoms with E-state index in [1.54, 1.807) is 7.11 Å². The summed E-state index contributed by atoms with van der Waals surface area (Å²) >= 11 is 3.44. The van der Waals surface area contributed by atoms with Crippen molar-refractivity contribution >= 4 is 15.9 Å². The van der Waals surface area contributed by atoms with Gasteiger partial charge in [0.1, 0.15) is 5.75 Å². The van der Waals surface area contributed by atoms with E-state index < -0.39 is 5.60 Å². The zero-order chi connectivity index (χ0) is 10.9. The maximum absolute atomic E-state index is 10.4. The molecule has 0 spiro atoms. The van der Waals surface area contributed by atoms with E-state index in [1.165, 1.54) is 0 Å². The van der Waals surface area contributed by atoms with Crippen LogP contribution in [0.5, 0.6) is 5.75 Å². The summed E-state index contributed by atoms with van der Waals surface area (Å²) < 4.78 is 6.07. The molecule has 2 nitrogen and oxygen atoms in total. The van der Waals surface area contributed by atoms with E-state index >= 15 is 0 Å². The van der Waals surface area contributed by atoms with E-state index in [1.807, 2.05) is 18.2 Å². The van der Waals surface area contributed by atoms with Crippen molar-refractivity contribution in [3.8, 4) is 5.75 Å². The topological polar surface area (TPSA) is 29.5 Å². The van der Waals surface area contributed by atoms with Crippen molar-refractivity contribution < 1.29 is 9.84 Å². The van der Waals surface area contributed by atoms with Gasteiger partial charge < -0.3 is 9.84 Å². The Bertz CT molecular complexity index is 357. The molecule has 0 saturated heterocycles. The molecule has 3 heteroatoms. The third-order valence-electron chi connectivity index (χ3n) is 3.12. The van der Waals surface area contributed by atoms with Gasteiger partial charge in [-0.3, -0.25) is 0 Å². The maximum Gasteiger partial charge on any atom is 0.133 e. The molecule has 0 aliphatic heterocycles. The average Bonchev–Trinajstić information content (AvgIpc) is 2.66. The van der Waals surface area contributed by atoms with Crippen molar-refractivity contribution in [3.05, 3.63) is 28.2 Å². The van der Waals surface area contributed by atoms with E-state index in [-0.39, 0.29) is 0 Å². The number of rotatable bonds is 2. The van der Waals surface area contributed by atoms with Crippen LogP contribution < -0.4 is 4.74 Å².